The van der Waals surface area contributed by atoms with Gasteiger partial charge in [0, 0.05) is 91.2 Å². The molecule has 65 heavy (non-hydrogen) atoms. The predicted molar refractivity (Wildman–Crippen MR) is 230 cm³/mol. The number of likely N-dealkylation sites (N-methyl/N-ethyl adjacent to an activating group) is 2. The number of halogens is 4. The fraction of sp³-hybridized carbons (Fsp3) is 0.409. The van der Waals surface area contributed by atoms with Gasteiger partial charge >= 0.3 is 37.7 Å². The SMILES string of the molecule is COCC1CC2(C1)CN(C)C(=O)c1c([O-])c(=O)c(C(=O)NCc3cccc(Cl)c3F)cn12.COCC1CC2(C1)CN(C)C(=O)c1c([O-])c(=O)c(C(=O)NCc3cccc(Cl)c3F)cn12.[Ca+2]. The number of benzene rings is 2. The quantitative estimate of drug-likeness (QED) is 0.222. The Balaban J connectivity index is 0.000000212. The first-order valence-corrected chi connectivity index (χ1v) is 21.0. The van der Waals surface area contributed by atoms with Crippen LogP contribution in [0.4, 0.5) is 8.78 Å². The molecular formula is C44H44CaCl2F2N6O10. The summed E-state index contributed by atoms with van der Waals surface area (Å²) in [4.78, 5) is 79.1. The molecule has 0 radical (unpaired) electrons. The smallest absolute Gasteiger partial charge is 0.868 e. The average Bonchev–Trinajstić information content (AvgIpc) is 3.23. The van der Waals surface area contributed by atoms with Crippen molar-refractivity contribution in [3.8, 4) is 11.5 Å². The Morgan fingerprint density at radius 1 is 0.692 bits per heavy atom. The van der Waals surface area contributed by atoms with E-state index in [1.807, 2.05) is 0 Å². The van der Waals surface area contributed by atoms with E-state index in [0.717, 1.165) is 0 Å². The first-order valence-electron chi connectivity index (χ1n) is 20.2. The number of hydrogen-bond acceptors (Lipinski definition) is 10. The molecule has 2 aromatic heterocycles. The number of ether oxygens (including phenoxy) is 2. The summed E-state index contributed by atoms with van der Waals surface area (Å²) in [6.45, 7) is 1.36. The molecule has 0 bridgehead atoms. The van der Waals surface area contributed by atoms with Crippen LogP contribution in [0.3, 0.4) is 0 Å². The van der Waals surface area contributed by atoms with E-state index in [4.69, 9.17) is 32.7 Å². The largest absolute Gasteiger partial charge is 2.00 e. The van der Waals surface area contributed by atoms with Gasteiger partial charge in [-0.3, -0.25) is 28.8 Å². The standard InChI is InChI=1S/2C22H23ClFN3O5.Ca/c2*1-26-11-22(6-12(7-22)10-32-2)27-9-14(18(28)19(29)17(27)21(26)31)20(30)25-8-13-4-3-5-15(23)16(13)24;/h2*3-5,9,12,29H,6-8,10-11H2,1-2H3,(H,25,30);/q;;+2/p-2. The van der Waals surface area contributed by atoms with Crippen molar-refractivity contribution < 1.29 is 47.6 Å². The van der Waals surface area contributed by atoms with Gasteiger partial charge < -0.3 is 49.3 Å². The number of hydrogen-bond donors (Lipinski definition) is 2. The van der Waals surface area contributed by atoms with Crippen LogP contribution < -0.4 is 31.7 Å². The van der Waals surface area contributed by atoms with Crippen LogP contribution in [0.2, 0.25) is 10.0 Å². The molecule has 2 aliphatic carbocycles. The molecular weight excluding hydrogens is 921 g/mol. The molecule has 2 saturated carbocycles. The van der Waals surface area contributed by atoms with Crippen molar-refractivity contribution in [3.63, 3.8) is 0 Å². The van der Waals surface area contributed by atoms with Crippen LogP contribution in [-0.2, 0) is 33.6 Å². The first-order chi connectivity index (χ1) is 30.4. The molecule has 340 valence electrons. The van der Waals surface area contributed by atoms with Crippen LogP contribution in [0.15, 0.2) is 58.4 Å². The summed E-state index contributed by atoms with van der Waals surface area (Å²) < 4.78 is 41.6. The topological polar surface area (TPSA) is 207 Å². The average molecular weight is 966 g/mol. The summed E-state index contributed by atoms with van der Waals surface area (Å²) in [7, 11) is 6.38. The van der Waals surface area contributed by atoms with Gasteiger partial charge in [-0.15, -0.1) is 0 Å². The Bertz CT molecular complexity index is 2510. The van der Waals surface area contributed by atoms with Crippen molar-refractivity contribution in [2.75, 3.05) is 54.6 Å². The zero-order valence-electron chi connectivity index (χ0n) is 35.9. The Labute approximate surface area is 411 Å². The van der Waals surface area contributed by atoms with Gasteiger partial charge in [0.1, 0.15) is 34.1 Å². The summed E-state index contributed by atoms with van der Waals surface area (Å²) in [6, 6.07) is 8.74. The minimum Gasteiger partial charge on any atom is -0.868 e. The zero-order valence-corrected chi connectivity index (χ0v) is 39.7. The molecule has 4 amide bonds. The van der Waals surface area contributed by atoms with E-state index in [1.54, 1.807) is 28.3 Å². The van der Waals surface area contributed by atoms with E-state index < -0.39 is 68.7 Å². The van der Waals surface area contributed by atoms with Gasteiger partial charge in [0.05, 0.1) is 21.1 Å². The maximum Gasteiger partial charge on any atom is 2.00 e. The van der Waals surface area contributed by atoms with Gasteiger partial charge in [-0.25, -0.2) is 8.78 Å². The van der Waals surface area contributed by atoms with Gasteiger partial charge in [0.15, 0.2) is 10.9 Å². The number of rotatable bonds is 10. The first kappa shape index (κ1) is 49.9. The van der Waals surface area contributed by atoms with E-state index >= 15 is 0 Å². The molecule has 4 aliphatic rings. The fourth-order valence-corrected chi connectivity index (χ4v) is 9.88. The minimum absolute atomic E-state index is 0. The van der Waals surface area contributed by atoms with Gasteiger partial charge in [0.25, 0.3) is 23.6 Å². The van der Waals surface area contributed by atoms with Crippen molar-refractivity contribution in [3.05, 3.63) is 125 Å². The molecule has 2 N–H and O–H groups in total. The molecule has 2 aliphatic heterocycles. The Morgan fingerprint density at radius 3 is 1.38 bits per heavy atom. The molecule has 8 rings (SSSR count). The molecule has 4 heterocycles. The van der Waals surface area contributed by atoms with Gasteiger partial charge in [-0.05, 0) is 61.2 Å². The predicted octanol–water partition coefficient (Wildman–Crippen LogP) is 2.58. The van der Waals surface area contributed by atoms with E-state index in [0.29, 0.717) is 52.0 Å². The molecule has 4 aromatic rings. The molecule has 16 nitrogen and oxygen atoms in total. The number of carbonyl (C=O) groups excluding carboxylic acids is 4. The van der Waals surface area contributed by atoms with Crippen LogP contribution in [0.1, 0.15) is 78.5 Å². The zero-order chi connectivity index (χ0) is 46.4. The van der Waals surface area contributed by atoms with E-state index in [2.05, 4.69) is 10.6 Å². The van der Waals surface area contributed by atoms with Crippen LogP contribution in [0.5, 0.6) is 11.5 Å². The Morgan fingerprint density at radius 2 is 1.05 bits per heavy atom. The Kier molecular flexibility index (Phi) is 15.1. The van der Waals surface area contributed by atoms with Crippen LogP contribution in [0, 0.1) is 23.5 Å². The molecule has 0 saturated heterocycles. The number of methoxy groups -OCH3 is 2. The molecule has 2 aromatic carbocycles. The second-order valence-electron chi connectivity index (χ2n) is 16.9. The molecule has 21 heteroatoms. The third-order valence-corrected chi connectivity index (χ3v) is 13.0. The normalized spacial score (nSPS) is 21.6. The molecule has 2 spiro atoms. The molecule has 0 atom stereocenters. The molecule has 2 fully saturated rings. The second-order valence-corrected chi connectivity index (χ2v) is 17.7. The van der Waals surface area contributed by atoms with E-state index in [1.165, 1.54) is 67.7 Å². The van der Waals surface area contributed by atoms with Gasteiger partial charge in [0.2, 0.25) is 0 Å². The van der Waals surface area contributed by atoms with Crippen LogP contribution in [0.25, 0.3) is 0 Å². The second kappa shape index (κ2) is 19.7. The van der Waals surface area contributed by atoms with Crippen LogP contribution in [-0.4, -0.2) is 135 Å². The van der Waals surface area contributed by atoms with Crippen molar-refractivity contribution in [1.29, 1.82) is 0 Å². The van der Waals surface area contributed by atoms with Crippen molar-refractivity contribution in [1.82, 2.24) is 29.6 Å². The third kappa shape index (κ3) is 9.27. The number of aromatic nitrogens is 2. The monoisotopic (exact) mass is 964 g/mol. The summed E-state index contributed by atoms with van der Waals surface area (Å²) in [5.41, 5.74) is -4.25. The summed E-state index contributed by atoms with van der Waals surface area (Å²) in [5, 5.41) is 30.4. The van der Waals surface area contributed by atoms with Gasteiger partial charge in [-0.1, -0.05) is 47.5 Å². The van der Waals surface area contributed by atoms with Gasteiger partial charge in [-0.2, -0.15) is 0 Å². The summed E-state index contributed by atoms with van der Waals surface area (Å²) in [5.74, 6) is -5.65. The number of nitrogens with zero attached hydrogens (tertiary/aromatic N) is 4. The van der Waals surface area contributed by atoms with Crippen molar-refractivity contribution in [2.45, 2.75) is 49.9 Å². The summed E-state index contributed by atoms with van der Waals surface area (Å²) >= 11 is 11.5. The van der Waals surface area contributed by atoms with Crippen molar-refractivity contribution >= 4 is 84.6 Å². The fourth-order valence-electron chi connectivity index (χ4n) is 9.50. The van der Waals surface area contributed by atoms with Crippen LogP contribution >= 0.6 is 23.2 Å². The van der Waals surface area contributed by atoms with E-state index in [-0.39, 0.29) is 106 Å². The number of pyridine rings is 2. The third-order valence-electron chi connectivity index (χ3n) is 12.4. The minimum atomic E-state index is -1.06. The van der Waals surface area contributed by atoms with E-state index in [9.17, 15) is 47.8 Å². The maximum absolute atomic E-state index is 14.1. The molecule has 0 unspecified atom stereocenters. The number of amides is 4. The summed E-state index contributed by atoms with van der Waals surface area (Å²) in [6.07, 6.45) is 5.14. The number of fused-ring (bicyclic) bond motifs is 4. The van der Waals surface area contributed by atoms with Crippen molar-refractivity contribution in [2.24, 2.45) is 11.8 Å². The maximum atomic E-state index is 14.1. The number of carbonyl (C=O) groups is 4. The number of nitrogens with one attached hydrogen (secondary N) is 2. The Hall–Kier alpha value is -4.56.